The lowest BCUT2D eigenvalue weighted by atomic mass is 9.86. The van der Waals surface area contributed by atoms with Crippen LogP contribution >= 0.6 is 0 Å². The van der Waals surface area contributed by atoms with E-state index in [1.807, 2.05) is 13.1 Å². The van der Waals surface area contributed by atoms with Crippen molar-refractivity contribution in [3.63, 3.8) is 0 Å². The van der Waals surface area contributed by atoms with Crippen LogP contribution in [0.2, 0.25) is 0 Å². The molecule has 0 saturated carbocycles. The Labute approximate surface area is 126 Å². The van der Waals surface area contributed by atoms with E-state index in [1.54, 1.807) is 0 Å². The van der Waals surface area contributed by atoms with Crippen LogP contribution in [0.15, 0.2) is 18.2 Å². The average molecular weight is 288 g/mol. The molecule has 1 aromatic carbocycles. The SMILES string of the molecule is CNC(c1ccc2c(c1)CCCC(=O)N2)C1(C)CCCO1. The van der Waals surface area contributed by atoms with Crippen molar-refractivity contribution in [1.82, 2.24) is 5.32 Å². The number of carbonyl (C=O) groups is 1. The van der Waals surface area contributed by atoms with E-state index in [9.17, 15) is 4.79 Å². The van der Waals surface area contributed by atoms with Crippen LogP contribution in [-0.2, 0) is 16.0 Å². The number of benzene rings is 1. The minimum absolute atomic E-state index is 0.123. The molecule has 21 heavy (non-hydrogen) atoms. The smallest absolute Gasteiger partial charge is 0.224 e. The molecule has 1 fully saturated rings. The first-order valence-electron chi connectivity index (χ1n) is 7.86. The fourth-order valence-electron chi connectivity index (χ4n) is 3.63. The maximum absolute atomic E-state index is 11.6. The largest absolute Gasteiger partial charge is 0.373 e. The van der Waals surface area contributed by atoms with Crippen molar-refractivity contribution in [2.45, 2.75) is 50.7 Å². The molecule has 0 aromatic heterocycles. The second-order valence-corrected chi connectivity index (χ2v) is 6.30. The summed E-state index contributed by atoms with van der Waals surface area (Å²) in [6.45, 7) is 3.03. The maximum atomic E-state index is 11.6. The molecule has 2 unspecified atom stereocenters. The third kappa shape index (κ3) is 2.83. The fraction of sp³-hybridized carbons (Fsp3) is 0.588. The Bertz CT molecular complexity index is 536. The molecule has 2 N–H and O–H groups in total. The first-order valence-corrected chi connectivity index (χ1v) is 7.86. The van der Waals surface area contributed by atoms with Gasteiger partial charge < -0.3 is 15.4 Å². The van der Waals surface area contributed by atoms with Crippen LogP contribution in [0.3, 0.4) is 0 Å². The van der Waals surface area contributed by atoms with E-state index in [0.717, 1.165) is 38.0 Å². The van der Waals surface area contributed by atoms with Gasteiger partial charge in [0.15, 0.2) is 0 Å². The molecule has 4 nitrogen and oxygen atoms in total. The predicted octanol–water partition coefficient (Wildman–Crippen LogP) is 2.79. The van der Waals surface area contributed by atoms with Crippen molar-refractivity contribution in [2.24, 2.45) is 0 Å². The van der Waals surface area contributed by atoms with Crippen molar-refractivity contribution in [3.8, 4) is 0 Å². The summed E-state index contributed by atoms with van der Waals surface area (Å²) in [6, 6.07) is 6.56. The first kappa shape index (κ1) is 14.5. The highest BCUT2D eigenvalue weighted by Gasteiger charge is 2.38. The number of likely N-dealkylation sites (N-methyl/N-ethyl adjacent to an activating group) is 1. The van der Waals surface area contributed by atoms with E-state index < -0.39 is 0 Å². The fourth-order valence-corrected chi connectivity index (χ4v) is 3.63. The molecule has 2 heterocycles. The Morgan fingerprint density at radius 2 is 2.19 bits per heavy atom. The van der Waals surface area contributed by atoms with Gasteiger partial charge in [-0.2, -0.15) is 0 Å². The molecule has 2 aliphatic rings. The highest BCUT2D eigenvalue weighted by molar-refractivity contribution is 5.92. The highest BCUT2D eigenvalue weighted by atomic mass is 16.5. The van der Waals surface area contributed by atoms with Gasteiger partial charge in [-0.25, -0.2) is 0 Å². The van der Waals surface area contributed by atoms with Crippen LogP contribution in [0.4, 0.5) is 5.69 Å². The van der Waals surface area contributed by atoms with Gasteiger partial charge in [0, 0.05) is 18.7 Å². The quantitative estimate of drug-likeness (QED) is 0.899. The van der Waals surface area contributed by atoms with E-state index in [4.69, 9.17) is 4.74 Å². The molecule has 0 radical (unpaired) electrons. The van der Waals surface area contributed by atoms with Crippen LogP contribution < -0.4 is 10.6 Å². The average Bonchev–Trinajstić information content (AvgIpc) is 2.80. The van der Waals surface area contributed by atoms with E-state index >= 15 is 0 Å². The molecule has 0 bridgehead atoms. The van der Waals surface area contributed by atoms with E-state index in [0.29, 0.717) is 6.42 Å². The van der Waals surface area contributed by atoms with E-state index in [1.165, 1.54) is 11.1 Å². The molecule has 2 atom stereocenters. The molecule has 4 heteroatoms. The summed E-state index contributed by atoms with van der Waals surface area (Å²) >= 11 is 0. The molecule has 114 valence electrons. The Morgan fingerprint density at radius 3 is 2.90 bits per heavy atom. The number of rotatable bonds is 3. The number of nitrogens with one attached hydrogen (secondary N) is 2. The zero-order chi connectivity index (χ0) is 14.9. The molecular weight excluding hydrogens is 264 g/mol. The molecule has 1 saturated heterocycles. The topological polar surface area (TPSA) is 50.4 Å². The monoisotopic (exact) mass is 288 g/mol. The lowest BCUT2D eigenvalue weighted by Gasteiger charge is -2.34. The van der Waals surface area contributed by atoms with Gasteiger partial charge in [-0.15, -0.1) is 0 Å². The molecule has 0 aliphatic carbocycles. The molecule has 1 aromatic rings. The number of hydrogen-bond acceptors (Lipinski definition) is 3. The molecule has 2 aliphatic heterocycles. The first-order chi connectivity index (χ1) is 10.1. The summed E-state index contributed by atoms with van der Waals surface area (Å²) in [7, 11) is 1.99. The minimum atomic E-state index is -0.142. The Kier molecular flexibility index (Phi) is 4.00. The third-order valence-electron chi connectivity index (χ3n) is 4.74. The summed E-state index contributed by atoms with van der Waals surface area (Å²) < 4.78 is 6.00. The lowest BCUT2D eigenvalue weighted by Crippen LogP contribution is -2.39. The van der Waals surface area contributed by atoms with Gasteiger partial charge in [0.2, 0.25) is 5.91 Å². The van der Waals surface area contributed by atoms with Gasteiger partial charge in [0.1, 0.15) is 0 Å². The Morgan fingerprint density at radius 1 is 1.33 bits per heavy atom. The van der Waals surface area contributed by atoms with Crippen molar-refractivity contribution in [3.05, 3.63) is 29.3 Å². The summed E-state index contributed by atoms with van der Waals surface area (Å²) in [4.78, 5) is 11.6. The summed E-state index contributed by atoms with van der Waals surface area (Å²) in [5.41, 5.74) is 3.31. The van der Waals surface area contributed by atoms with Gasteiger partial charge in [-0.1, -0.05) is 12.1 Å². The number of hydrogen-bond donors (Lipinski definition) is 2. The number of ether oxygens (including phenoxy) is 1. The third-order valence-corrected chi connectivity index (χ3v) is 4.74. The number of aryl methyl sites for hydroxylation is 1. The van der Waals surface area contributed by atoms with Crippen LogP contribution in [-0.4, -0.2) is 25.2 Å². The number of fused-ring (bicyclic) bond motifs is 1. The summed E-state index contributed by atoms with van der Waals surface area (Å²) in [6.07, 6.45) is 4.68. The molecule has 0 spiro atoms. The van der Waals surface area contributed by atoms with E-state index in [-0.39, 0.29) is 17.6 Å². The predicted molar refractivity (Wildman–Crippen MR) is 83.4 cm³/mol. The summed E-state index contributed by atoms with van der Waals surface area (Å²) in [5, 5.41) is 6.41. The van der Waals surface area contributed by atoms with E-state index in [2.05, 4.69) is 29.7 Å². The molecule has 3 rings (SSSR count). The normalized spacial score (nSPS) is 26.9. The van der Waals surface area contributed by atoms with Crippen LogP contribution in [0.25, 0.3) is 0 Å². The van der Waals surface area contributed by atoms with Gasteiger partial charge in [0.05, 0.1) is 11.6 Å². The standard InChI is InChI=1S/C17H24N2O2/c1-17(9-4-10-21-17)16(18-2)13-7-8-14-12(11-13)5-3-6-15(20)19-14/h7-8,11,16,18H,3-6,9-10H2,1-2H3,(H,19,20). The van der Waals surface area contributed by atoms with Gasteiger partial charge in [-0.3, -0.25) is 4.79 Å². The molecule has 1 amide bonds. The van der Waals surface area contributed by atoms with Gasteiger partial charge in [-0.05, 0) is 56.8 Å². The zero-order valence-corrected chi connectivity index (χ0v) is 12.9. The number of carbonyl (C=O) groups excluding carboxylic acids is 1. The Hall–Kier alpha value is -1.39. The van der Waals surface area contributed by atoms with Crippen LogP contribution in [0, 0.1) is 0 Å². The van der Waals surface area contributed by atoms with Crippen molar-refractivity contribution in [2.75, 3.05) is 19.0 Å². The minimum Gasteiger partial charge on any atom is -0.373 e. The molecular formula is C17H24N2O2. The van der Waals surface area contributed by atoms with Crippen molar-refractivity contribution >= 4 is 11.6 Å². The van der Waals surface area contributed by atoms with Gasteiger partial charge in [0.25, 0.3) is 0 Å². The number of amides is 1. The van der Waals surface area contributed by atoms with Gasteiger partial charge >= 0.3 is 0 Å². The van der Waals surface area contributed by atoms with Crippen LogP contribution in [0.5, 0.6) is 0 Å². The number of anilines is 1. The maximum Gasteiger partial charge on any atom is 0.224 e. The van der Waals surface area contributed by atoms with Crippen LogP contribution in [0.1, 0.15) is 49.8 Å². The zero-order valence-electron chi connectivity index (χ0n) is 12.9. The highest BCUT2D eigenvalue weighted by Crippen LogP contribution is 2.38. The van der Waals surface area contributed by atoms with Crippen molar-refractivity contribution < 1.29 is 9.53 Å². The second kappa shape index (κ2) is 5.78. The lowest BCUT2D eigenvalue weighted by molar-refractivity contribution is -0.116. The Balaban J connectivity index is 1.91. The summed E-state index contributed by atoms with van der Waals surface area (Å²) in [5.74, 6) is 0.123. The van der Waals surface area contributed by atoms with Crippen molar-refractivity contribution in [1.29, 1.82) is 0 Å². The second-order valence-electron chi connectivity index (χ2n) is 6.30.